The van der Waals surface area contributed by atoms with Crippen molar-refractivity contribution in [2.24, 2.45) is 0 Å². The smallest absolute Gasteiger partial charge is 0.321 e. The Balaban J connectivity index is 1.42. The molecule has 0 radical (unpaired) electrons. The third-order valence-electron chi connectivity index (χ3n) is 4.61. The summed E-state index contributed by atoms with van der Waals surface area (Å²) in [4.78, 5) is 25.6. The van der Waals surface area contributed by atoms with Crippen molar-refractivity contribution in [3.63, 3.8) is 0 Å². The number of urea groups is 1. The van der Waals surface area contributed by atoms with Crippen molar-refractivity contribution in [1.29, 1.82) is 0 Å². The molecular weight excluding hydrogens is 428 g/mol. The summed E-state index contributed by atoms with van der Waals surface area (Å²) in [6.07, 6.45) is 0.338. The van der Waals surface area contributed by atoms with Crippen molar-refractivity contribution >= 4 is 43.1 Å². The summed E-state index contributed by atoms with van der Waals surface area (Å²) in [5.41, 5.74) is 0. The van der Waals surface area contributed by atoms with E-state index in [4.69, 9.17) is 0 Å². The number of imide groups is 1. The summed E-state index contributed by atoms with van der Waals surface area (Å²) in [6.45, 7) is 1.24. The Morgan fingerprint density at radius 1 is 1.21 bits per heavy atom. The molecule has 2 N–H and O–H groups in total. The molecule has 156 valence electrons. The summed E-state index contributed by atoms with van der Waals surface area (Å²) in [5.74, 6) is -0.604. The normalized spacial score (nSPS) is 23.4. The quantitative estimate of drug-likeness (QED) is 0.592. The van der Waals surface area contributed by atoms with Crippen LogP contribution in [0, 0.1) is 0 Å². The number of carbonyl (C=O) groups excluding carboxylic acids is 2. The summed E-state index contributed by atoms with van der Waals surface area (Å²) in [6, 6.07) is 2.05. The second-order valence-corrected chi connectivity index (χ2v) is 12.1. The Bertz CT molecular complexity index is 921. The number of nitrogens with zero attached hydrogens (tertiary/aromatic N) is 2. The van der Waals surface area contributed by atoms with Gasteiger partial charge < -0.3 is 5.32 Å². The van der Waals surface area contributed by atoms with E-state index in [1.165, 1.54) is 15.6 Å². The average molecular weight is 451 g/mol. The lowest BCUT2D eigenvalue weighted by Crippen LogP contribution is -2.52. The van der Waals surface area contributed by atoms with Crippen molar-refractivity contribution in [3.05, 3.63) is 17.5 Å². The molecule has 28 heavy (non-hydrogen) atoms. The van der Waals surface area contributed by atoms with Gasteiger partial charge in [-0.05, 0) is 17.9 Å². The molecule has 3 rings (SSSR count). The molecule has 1 aromatic rings. The molecule has 0 bridgehead atoms. The van der Waals surface area contributed by atoms with E-state index in [1.807, 2.05) is 0 Å². The number of rotatable bonds is 5. The minimum atomic E-state index is -3.50. The topological polar surface area (TPSA) is 133 Å². The van der Waals surface area contributed by atoms with Crippen molar-refractivity contribution in [1.82, 2.24) is 19.8 Å². The van der Waals surface area contributed by atoms with Gasteiger partial charge in [0.1, 0.15) is 4.21 Å². The molecular formula is C15H22N4O6S3. The summed E-state index contributed by atoms with van der Waals surface area (Å²) >= 11 is 1.17. The number of piperazine rings is 1. The Hall–Kier alpha value is -1.54. The van der Waals surface area contributed by atoms with Crippen LogP contribution in [0.25, 0.3) is 0 Å². The van der Waals surface area contributed by atoms with E-state index in [2.05, 4.69) is 10.6 Å². The fourth-order valence-corrected chi connectivity index (χ4v) is 7.41. The molecule has 3 amide bonds. The zero-order valence-corrected chi connectivity index (χ0v) is 17.5. The Morgan fingerprint density at radius 3 is 2.50 bits per heavy atom. The zero-order valence-electron chi connectivity index (χ0n) is 15.0. The largest absolute Gasteiger partial charge is 0.334 e. The molecule has 1 atom stereocenters. The molecule has 0 saturated carbocycles. The fraction of sp³-hybridized carbons (Fsp3) is 0.600. The number of sulfonamides is 1. The molecule has 10 nitrogen and oxygen atoms in total. The van der Waals surface area contributed by atoms with Crippen molar-refractivity contribution < 1.29 is 26.4 Å². The van der Waals surface area contributed by atoms with Gasteiger partial charge in [0.25, 0.3) is 10.0 Å². The first-order chi connectivity index (χ1) is 13.2. The highest BCUT2D eigenvalue weighted by Crippen LogP contribution is 2.21. The number of nitrogens with one attached hydrogen (secondary N) is 2. The van der Waals surface area contributed by atoms with Gasteiger partial charge in [-0.15, -0.1) is 11.3 Å². The first-order valence-electron chi connectivity index (χ1n) is 8.72. The van der Waals surface area contributed by atoms with Crippen LogP contribution in [0.5, 0.6) is 0 Å². The van der Waals surface area contributed by atoms with E-state index >= 15 is 0 Å². The SMILES string of the molecule is O=C(CN1CCN(S(=O)(=O)c2cccs2)CC1)NC(=O)NC1CCS(=O)(=O)C1. The van der Waals surface area contributed by atoms with E-state index in [-0.39, 0.29) is 31.1 Å². The van der Waals surface area contributed by atoms with Gasteiger partial charge in [0.15, 0.2) is 9.84 Å². The number of hydrogen-bond acceptors (Lipinski definition) is 8. The van der Waals surface area contributed by atoms with Gasteiger partial charge in [-0.25, -0.2) is 21.6 Å². The van der Waals surface area contributed by atoms with Gasteiger partial charge in [0.2, 0.25) is 5.91 Å². The van der Waals surface area contributed by atoms with Gasteiger partial charge in [-0.2, -0.15) is 4.31 Å². The van der Waals surface area contributed by atoms with E-state index in [1.54, 1.807) is 22.4 Å². The summed E-state index contributed by atoms with van der Waals surface area (Å²) in [5, 5.41) is 6.39. The molecule has 0 aromatic carbocycles. The minimum Gasteiger partial charge on any atom is -0.334 e. The second-order valence-electron chi connectivity index (χ2n) is 6.73. The van der Waals surface area contributed by atoms with Crippen LogP contribution < -0.4 is 10.6 Å². The molecule has 1 unspecified atom stereocenters. The van der Waals surface area contributed by atoms with Crippen LogP contribution in [0.15, 0.2) is 21.7 Å². The van der Waals surface area contributed by atoms with Crippen LogP contribution in [0.2, 0.25) is 0 Å². The predicted octanol–water partition coefficient (Wildman–Crippen LogP) is -0.933. The van der Waals surface area contributed by atoms with Crippen LogP contribution in [-0.2, 0) is 24.7 Å². The molecule has 2 saturated heterocycles. The van der Waals surface area contributed by atoms with Crippen LogP contribution in [0.1, 0.15) is 6.42 Å². The van der Waals surface area contributed by atoms with E-state index in [0.717, 1.165) is 0 Å². The lowest BCUT2D eigenvalue weighted by atomic mass is 10.3. The molecule has 2 aliphatic rings. The second kappa shape index (κ2) is 8.45. The maximum atomic E-state index is 12.5. The van der Waals surface area contributed by atoms with Crippen LogP contribution in [0.4, 0.5) is 4.79 Å². The Morgan fingerprint density at radius 2 is 1.93 bits per heavy atom. The van der Waals surface area contributed by atoms with Gasteiger partial charge >= 0.3 is 6.03 Å². The molecule has 2 aliphatic heterocycles. The lowest BCUT2D eigenvalue weighted by Gasteiger charge is -2.33. The van der Waals surface area contributed by atoms with E-state index in [0.29, 0.717) is 23.7 Å². The van der Waals surface area contributed by atoms with E-state index in [9.17, 15) is 26.4 Å². The Kier molecular flexibility index (Phi) is 6.39. The van der Waals surface area contributed by atoms with Crippen LogP contribution >= 0.6 is 11.3 Å². The molecule has 3 heterocycles. The maximum Gasteiger partial charge on any atom is 0.321 e. The van der Waals surface area contributed by atoms with Crippen molar-refractivity contribution in [2.45, 2.75) is 16.7 Å². The van der Waals surface area contributed by atoms with Gasteiger partial charge in [-0.3, -0.25) is 15.0 Å². The number of amides is 3. The third-order valence-corrected chi connectivity index (χ3v) is 9.65. The summed E-state index contributed by atoms with van der Waals surface area (Å²) < 4.78 is 49.4. The zero-order chi connectivity index (χ0) is 20.4. The number of carbonyl (C=O) groups is 2. The van der Waals surface area contributed by atoms with Crippen molar-refractivity contribution in [3.8, 4) is 0 Å². The lowest BCUT2D eigenvalue weighted by molar-refractivity contribution is -0.121. The molecule has 0 spiro atoms. The standard InChI is InChI=1S/C15H22N4O6S3/c20-13(17-15(21)16-12-3-9-27(22,23)11-12)10-18-4-6-19(7-5-18)28(24,25)14-2-1-8-26-14/h1-2,8,12H,3-7,9-11H2,(H2,16,17,20,21). The number of hydrogen-bond donors (Lipinski definition) is 2. The highest BCUT2D eigenvalue weighted by Gasteiger charge is 2.31. The van der Waals surface area contributed by atoms with Crippen LogP contribution in [0.3, 0.4) is 0 Å². The average Bonchev–Trinajstić information content (AvgIpc) is 3.25. The maximum absolute atomic E-state index is 12.5. The molecule has 1 aromatic heterocycles. The fourth-order valence-electron chi connectivity index (χ4n) is 3.17. The first kappa shape index (κ1) is 21.2. The highest BCUT2D eigenvalue weighted by molar-refractivity contribution is 7.91. The number of sulfone groups is 1. The highest BCUT2D eigenvalue weighted by atomic mass is 32.2. The molecule has 2 fully saturated rings. The minimum absolute atomic E-state index is 0.0323. The predicted molar refractivity (Wildman–Crippen MR) is 103 cm³/mol. The van der Waals surface area contributed by atoms with Gasteiger partial charge in [0, 0.05) is 32.2 Å². The molecule has 13 heteroatoms. The van der Waals surface area contributed by atoms with E-state index < -0.39 is 37.8 Å². The third kappa shape index (κ3) is 5.29. The number of thiophene rings is 1. The van der Waals surface area contributed by atoms with Crippen molar-refractivity contribution in [2.75, 3.05) is 44.2 Å². The molecule has 0 aliphatic carbocycles. The monoisotopic (exact) mass is 450 g/mol. The summed E-state index contributed by atoms with van der Waals surface area (Å²) in [7, 11) is -6.62. The van der Waals surface area contributed by atoms with Gasteiger partial charge in [-0.1, -0.05) is 6.07 Å². The Labute approximate surface area is 167 Å². The van der Waals surface area contributed by atoms with Crippen LogP contribution in [-0.4, -0.2) is 88.3 Å². The van der Waals surface area contributed by atoms with Gasteiger partial charge in [0.05, 0.1) is 18.1 Å². The first-order valence-corrected chi connectivity index (χ1v) is 12.9.